The molecule has 0 amide bonds. The van der Waals surface area contributed by atoms with Gasteiger partial charge >= 0.3 is 0 Å². The van der Waals surface area contributed by atoms with E-state index in [9.17, 15) is 4.39 Å². The molecule has 193 valence electrons. The fourth-order valence-corrected chi connectivity index (χ4v) is 4.50. The summed E-state index contributed by atoms with van der Waals surface area (Å²) in [6, 6.07) is 38.9. The van der Waals surface area contributed by atoms with Crippen molar-refractivity contribution in [3.63, 3.8) is 0 Å². The maximum absolute atomic E-state index is 14.9. The Morgan fingerprint density at radius 3 is 2.35 bits per heavy atom. The lowest BCUT2D eigenvalue weighted by Crippen LogP contribution is -1.96. The summed E-state index contributed by atoms with van der Waals surface area (Å²) >= 11 is 0. The van der Waals surface area contributed by atoms with Gasteiger partial charge in [-0.1, -0.05) is 66.7 Å². The van der Waals surface area contributed by atoms with Crippen molar-refractivity contribution in [2.24, 2.45) is 0 Å². The average Bonchev–Trinajstić information content (AvgIpc) is 3.00. The van der Waals surface area contributed by atoms with Gasteiger partial charge in [0.25, 0.3) is 0 Å². The minimum absolute atomic E-state index is 0.242. The van der Waals surface area contributed by atoms with E-state index < -0.39 is 0 Å². The largest absolute Gasteiger partial charge is 0.455 e. The Kier molecular flexibility index (Phi) is 7.27. The van der Waals surface area contributed by atoms with Gasteiger partial charge in [-0.15, -0.1) is 0 Å². The highest BCUT2D eigenvalue weighted by Gasteiger charge is 2.15. The van der Waals surface area contributed by atoms with Crippen LogP contribution >= 0.6 is 0 Å². The van der Waals surface area contributed by atoms with Crippen LogP contribution in [0.4, 0.5) is 4.39 Å². The first-order valence-corrected chi connectivity index (χ1v) is 12.9. The standard InChI is InChI=1S/C35H24FN2O2/c36-32-18-16-26(22-28(32)21-25-9-2-1-3-10-25)31-17-15-27(23-34(31)40-35-14-6-7-20-38-35)30-12-4-5-13-33(30)39-29-11-8-19-37-24-29/h1-4,6-20,22-24H,21H2. The minimum atomic E-state index is -0.242. The number of hydrogen-bond acceptors (Lipinski definition) is 4. The SMILES string of the molecule is Fc1ccc(-c2ccc(-c3cc[c]cc3Oc3cccnc3)cc2Oc2ccccn2)cc1Cc1ccccc1. The van der Waals surface area contributed by atoms with Crippen molar-refractivity contribution >= 4 is 0 Å². The number of rotatable bonds is 8. The van der Waals surface area contributed by atoms with Crippen LogP contribution < -0.4 is 9.47 Å². The Bertz CT molecular complexity index is 1730. The minimum Gasteiger partial charge on any atom is -0.455 e. The molecule has 0 aliphatic carbocycles. The highest BCUT2D eigenvalue weighted by Crippen LogP contribution is 2.40. The smallest absolute Gasteiger partial charge is 0.219 e. The molecule has 0 saturated heterocycles. The second kappa shape index (κ2) is 11.6. The fraction of sp³-hybridized carbons (Fsp3) is 0.0286. The molecule has 1 radical (unpaired) electrons. The van der Waals surface area contributed by atoms with E-state index in [4.69, 9.17) is 9.47 Å². The van der Waals surface area contributed by atoms with Gasteiger partial charge in [0.15, 0.2) is 0 Å². The number of ether oxygens (including phenoxy) is 2. The highest BCUT2D eigenvalue weighted by molar-refractivity contribution is 5.79. The molecule has 0 atom stereocenters. The number of benzene rings is 4. The molecule has 0 spiro atoms. The molecule has 40 heavy (non-hydrogen) atoms. The van der Waals surface area contributed by atoms with Crippen LogP contribution in [0.25, 0.3) is 22.3 Å². The van der Waals surface area contributed by atoms with E-state index in [0.717, 1.165) is 27.8 Å². The zero-order valence-electron chi connectivity index (χ0n) is 21.5. The number of aromatic nitrogens is 2. The van der Waals surface area contributed by atoms with Crippen LogP contribution in [0.15, 0.2) is 134 Å². The van der Waals surface area contributed by atoms with E-state index in [-0.39, 0.29) is 5.82 Å². The maximum Gasteiger partial charge on any atom is 0.219 e. The molecule has 0 unspecified atom stereocenters. The number of pyridine rings is 2. The predicted octanol–water partition coefficient (Wildman–Crippen LogP) is 8.93. The third-order valence-electron chi connectivity index (χ3n) is 6.43. The van der Waals surface area contributed by atoms with Crippen molar-refractivity contribution in [2.45, 2.75) is 6.42 Å². The fourth-order valence-electron chi connectivity index (χ4n) is 4.50. The van der Waals surface area contributed by atoms with Crippen LogP contribution in [0.1, 0.15) is 11.1 Å². The van der Waals surface area contributed by atoms with E-state index in [1.165, 1.54) is 6.07 Å². The van der Waals surface area contributed by atoms with E-state index in [1.54, 1.807) is 36.8 Å². The average molecular weight is 524 g/mol. The number of hydrogen-bond donors (Lipinski definition) is 0. The third-order valence-corrected chi connectivity index (χ3v) is 6.43. The molecule has 0 bridgehead atoms. The highest BCUT2D eigenvalue weighted by atomic mass is 19.1. The van der Waals surface area contributed by atoms with Gasteiger partial charge in [0.1, 0.15) is 23.1 Å². The van der Waals surface area contributed by atoms with Crippen LogP contribution in [-0.4, -0.2) is 9.97 Å². The number of nitrogens with zero attached hydrogens (tertiary/aromatic N) is 2. The van der Waals surface area contributed by atoms with E-state index in [1.807, 2.05) is 91.0 Å². The number of halogens is 1. The zero-order valence-corrected chi connectivity index (χ0v) is 21.5. The van der Waals surface area contributed by atoms with Crippen LogP contribution in [-0.2, 0) is 6.42 Å². The Hall–Kier alpha value is -5.29. The van der Waals surface area contributed by atoms with Gasteiger partial charge in [0.2, 0.25) is 5.88 Å². The molecule has 0 aliphatic rings. The van der Waals surface area contributed by atoms with Gasteiger partial charge in [0.05, 0.1) is 6.20 Å². The molecule has 0 N–H and O–H groups in total. The molecule has 4 aromatic carbocycles. The Morgan fingerprint density at radius 1 is 0.700 bits per heavy atom. The first-order valence-electron chi connectivity index (χ1n) is 12.9. The van der Waals surface area contributed by atoms with Gasteiger partial charge in [-0.2, -0.15) is 0 Å². The van der Waals surface area contributed by atoms with Crippen molar-refractivity contribution in [2.75, 3.05) is 0 Å². The summed E-state index contributed by atoms with van der Waals surface area (Å²) in [6.45, 7) is 0. The molecular formula is C35H24FN2O2. The van der Waals surface area contributed by atoms with Crippen LogP contribution in [0.5, 0.6) is 23.1 Å². The van der Waals surface area contributed by atoms with Gasteiger partial charge in [-0.25, -0.2) is 9.37 Å². The lowest BCUT2D eigenvalue weighted by Gasteiger charge is -2.16. The maximum atomic E-state index is 14.9. The van der Waals surface area contributed by atoms with E-state index in [0.29, 0.717) is 35.1 Å². The lowest BCUT2D eigenvalue weighted by molar-refractivity contribution is 0.464. The Balaban J connectivity index is 1.42. The zero-order chi connectivity index (χ0) is 27.1. The molecule has 0 aliphatic heterocycles. The predicted molar refractivity (Wildman–Crippen MR) is 154 cm³/mol. The molecular weight excluding hydrogens is 499 g/mol. The van der Waals surface area contributed by atoms with Crippen molar-refractivity contribution < 1.29 is 13.9 Å². The van der Waals surface area contributed by atoms with Crippen molar-refractivity contribution in [1.29, 1.82) is 0 Å². The monoisotopic (exact) mass is 523 g/mol. The van der Waals surface area contributed by atoms with Crippen molar-refractivity contribution in [1.82, 2.24) is 9.97 Å². The van der Waals surface area contributed by atoms with Crippen LogP contribution in [0, 0.1) is 11.9 Å². The van der Waals surface area contributed by atoms with Crippen LogP contribution in [0.3, 0.4) is 0 Å². The van der Waals surface area contributed by atoms with Gasteiger partial charge < -0.3 is 9.47 Å². The third kappa shape index (κ3) is 5.74. The first kappa shape index (κ1) is 25.0. The molecule has 6 aromatic rings. The van der Waals surface area contributed by atoms with Crippen molar-refractivity contribution in [3.05, 3.63) is 157 Å². The molecule has 0 fully saturated rings. The molecule has 2 aromatic heterocycles. The summed E-state index contributed by atoms with van der Waals surface area (Å²) in [7, 11) is 0. The normalized spacial score (nSPS) is 10.7. The topological polar surface area (TPSA) is 44.2 Å². The summed E-state index contributed by atoms with van der Waals surface area (Å²) in [4.78, 5) is 8.49. The molecule has 6 rings (SSSR count). The summed E-state index contributed by atoms with van der Waals surface area (Å²) in [5.41, 5.74) is 5.07. The van der Waals surface area contributed by atoms with Crippen LogP contribution in [0.2, 0.25) is 0 Å². The lowest BCUT2D eigenvalue weighted by atomic mass is 9.95. The van der Waals surface area contributed by atoms with Gasteiger partial charge in [-0.05, 0) is 70.8 Å². The van der Waals surface area contributed by atoms with E-state index in [2.05, 4.69) is 16.0 Å². The Morgan fingerprint density at radius 2 is 1.52 bits per heavy atom. The molecule has 2 heterocycles. The summed E-state index contributed by atoms with van der Waals surface area (Å²) < 4.78 is 27.3. The quantitative estimate of drug-likeness (QED) is 0.200. The second-order valence-electron chi connectivity index (χ2n) is 9.16. The van der Waals surface area contributed by atoms with Crippen molar-refractivity contribution in [3.8, 4) is 45.4 Å². The second-order valence-corrected chi connectivity index (χ2v) is 9.16. The molecule has 4 nitrogen and oxygen atoms in total. The first-order chi connectivity index (χ1) is 19.7. The summed E-state index contributed by atoms with van der Waals surface area (Å²) in [5.74, 6) is 2.07. The van der Waals surface area contributed by atoms with Gasteiger partial charge in [0, 0.05) is 36.0 Å². The molecule has 0 saturated carbocycles. The van der Waals surface area contributed by atoms with Gasteiger partial charge in [-0.3, -0.25) is 4.98 Å². The summed E-state index contributed by atoms with van der Waals surface area (Å²) in [6.07, 6.45) is 5.54. The Labute approximate surface area is 232 Å². The van der Waals surface area contributed by atoms with E-state index >= 15 is 0 Å². The molecule has 5 heteroatoms. The summed E-state index contributed by atoms with van der Waals surface area (Å²) in [5, 5.41) is 0.